The van der Waals surface area contributed by atoms with Crippen LogP contribution in [0.4, 0.5) is 19.3 Å². The summed E-state index contributed by atoms with van der Waals surface area (Å²) in [6.45, 7) is 0. The number of urea groups is 1. The molecule has 21 heavy (non-hydrogen) atoms. The molecule has 1 aromatic carbocycles. The van der Waals surface area contributed by atoms with Crippen molar-refractivity contribution in [2.24, 2.45) is 5.73 Å². The average Bonchev–Trinajstić information content (AvgIpc) is 2.32. The number of rotatable bonds is 5. The highest BCUT2D eigenvalue weighted by atomic mass is 79.9. The molecule has 0 aliphatic carbocycles. The van der Waals surface area contributed by atoms with Crippen LogP contribution >= 0.6 is 15.9 Å². The molecule has 0 saturated heterocycles. The Morgan fingerprint density at radius 2 is 1.81 bits per heavy atom. The van der Waals surface area contributed by atoms with Crippen LogP contribution in [0.25, 0.3) is 0 Å². The second-order valence-electron chi connectivity index (χ2n) is 3.90. The summed E-state index contributed by atoms with van der Waals surface area (Å²) >= 11 is 2.86. The number of nitrogens with one attached hydrogen (secondary N) is 2. The summed E-state index contributed by atoms with van der Waals surface area (Å²) in [4.78, 5) is 33.0. The lowest BCUT2D eigenvalue weighted by molar-refractivity contribution is -0.140. The first-order valence-corrected chi connectivity index (χ1v) is 6.23. The van der Waals surface area contributed by atoms with Gasteiger partial charge in [0.1, 0.15) is 11.7 Å². The van der Waals surface area contributed by atoms with E-state index in [-0.39, 0.29) is 4.47 Å². The van der Waals surface area contributed by atoms with Crippen molar-refractivity contribution in [1.29, 1.82) is 0 Å². The lowest BCUT2D eigenvalue weighted by Gasteiger charge is -2.14. The van der Waals surface area contributed by atoms with Crippen LogP contribution in [0.1, 0.15) is 6.42 Å². The molecule has 5 N–H and O–H groups in total. The van der Waals surface area contributed by atoms with Crippen molar-refractivity contribution in [3.63, 3.8) is 0 Å². The van der Waals surface area contributed by atoms with E-state index in [1.54, 1.807) is 0 Å². The second-order valence-corrected chi connectivity index (χ2v) is 4.82. The van der Waals surface area contributed by atoms with Crippen LogP contribution in [0.3, 0.4) is 0 Å². The maximum atomic E-state index is 13.5. The Morgan fingerprint density at radius 1 is 1.29 bits per heavy atom. The predicted octanol–water partition coefficient (Wildman–Crippen LogP) is 1.18. The van der Waals surface area contributed by atoms with Crippen LogP contribution < -0.4 is 16.4 Å². The summed E-state index contributed by atoms with van der Waals surface area (Å²) in [5.41, 5.74) is 4.07. The van der Waals surface area contributed by atoms with E-state index in [9.17, 15) is 23.2 Å². The van der Waals surface area contributed by atoms with Gasteiger partial charge in [-0.1, -0.05) is 15.9 Å². The van der Waals surface area contributed by atoms with Gasteiger partial charge in [-0.15, -0.1) is 0 Å². The Hall–Kier alpha value is -2.23. The molecular weight excluding hydrogens is 356 g/mol. The minimum absolute atomic E-state index is 0.126. The van der Waals surface area contributed by atoms with Crippen molar-refractivity contribution in [3.8, 4) is 0 Å². The monoisotopic (exact) mass is 365 g/mol. The molecular formula is C11H10BrF2N3O4. The minimum atomic E-state index is -1.61. The Morgan fingerprint density at radius 3 is 2.24 bits per heavy atom. The molecule has 10 heteroatoms. The number of anilines is 1. The molecule has 0 unspecified atom stereocenters. The lowest BCUT2D eigenvalue weighted by atomic mass is 10.2. The third-order valence-corrected chi connectivity index (χ3v) is 2.71. The average molecular weight is 366 g/mol. The van der Waals surface area contributed by atoms with Crippen molar-refractivity contribution < 1.29 is 28.3 Å². The molecule has 0 aliphatic heterocycles. The normalized spacial score (nSPS) is 11.6. The van der Waals surface area contributed by atoms with Crippen molar-refractivity contribution in [2.45, 2.75) is 12.5 Å². The van der Waals surface area contributed by atoms with Gasteiger partial charge in [-0.05, 0) is 12.1 Å². The Balaban J connectivity index is 2.82. The van der Waals surface area contributed by atoms with Crippen LogP contribution in [0.5, 0.6) is 0 Å². The van der Waals surface area contributed by atoms with Gasteiger partial charge in [0.15, 0.2) is 11.6 Å². The molecule has 0 saturated carbocycles. The summed E-state index contributed by atoms with van der Waals surface area (Å²) in [5.74, 6) is -4.58. The van der Waals surface area contributed by atoms with E-state index in [2.05, 4.69) is 15.9 Å². The number of hydrogen-bond acceptors (Lipinski definition) is 3. The summed E-state index contributed by atoms with van der Waals surface area (Å²) in [5, 5.41) is 12.5. The molecule has 3 amide bonds. The summed E-state index contributed by atoms with van der Waals surface area (Å²) in [6.07, 6.45) is -0.659. The summed E-state index contributed by atoms with van der Waals surface area (Å²) in [7, 11) is 0. The molecule has 7 nitrogen and oxygen atoms in total. The maximum absolute atomic E-state index is 13.5. The van der Waals surface area contributed by atoms with Gasteiger partial charge in [0.05, 0.1) is 6.42 Å². The van der Waals surface area contributed by atoms with Gasteiger partial charge in [0.2, 0.25) is 5.91 Å². The fourth-order valence-corrected chi connectivity index (χ4v) is 1.77. The maximum Gasteiger partial charge on any atom is 0.326 e. The van der Waals surface area contributed by atoms with Crippen molar-refractivity contribution in [2.75, 3.05) is 5.32 Å². The number of benzene rings is 1. The number of aliphatic carboxylic acids is 1. The molecule has 0 fully saturated rings. The van der Waals surface area contributed by atoms with Gasteiger partial charge in [-0.2, -0.15) is 0 Å². The quantitative estimate of drug-likeness (QED) is 0.625. The molecule has 1 aromatic rings. The van der Waals surface area contributed by atoms with Crippen LogP contribution in [0.2, 0.25) is 0 Å². The van der Waals surface area contributed by atoms with E-state index in [4.69, 9.17) is 10.8 Å². The van der Waals surface area contributed by atoms with Crippen LogP contribution in [0, 0.1) is 11.6 Å². The molecule has 0 heterocycles. The summed E-state index contributed by atoms with van der Waals surface area (Å²) < 4.78 is 27.1. The number of nitrogens with two attached hydrogens (primary N) is 1. The topological polar surface area (TPSA) is 122 Å². The standard InChI is InChI=1S/C11H10BrF2N3O4/c12-4-1-5(13)9(6(14)2-4)17-11(21)16-7(10(19)20)3-8(15)18/h1-2,7H,3H2,(H2,15,18)(H,19,20)(H2,16,17,21)/t7-/m1/s1. The van der Waals surface area contributed by atoms with Crippen molar-refractivity contribution >= 4 is 39.5 Å². The van der Waals surface area contributed by atoms with Gasteiger partial charge in [0, 0.05) is 4.47 Å². The molecule has 0 spiro atoms. The van der Waals surface area contributed by atoms with Crippen LogP contribution in [0.15, 0.2) is 16.6 Å². The van der Waals surface area contributed by atoms with Crippen molar-refractivity contribution in [1.82, 2.24) is 5.32 Å². The Labute approximate surface area is 125 Å². The highest BCUT2D eigenvalue weighted by molar-refractivity contribution is 9.10. The molecule has 1 rings (SSSR count). The van der Waals surface area contributed by atoms with Gasteiger partial charge in [0.25, 0.3) is 0 Å². The van der Waals surface area contributed by atoms with E-state index >= 15 is 0 Å². The highest BCUT2D eigenvalue weighted by Gasteiger charge is 2.23. The number of carboxylic acid groups (broad SMARTS) is 1. The highest BCUT2D eigenvalue weighted by Crippen LogP contribution is 2.23. The Kier molecular flexibility index (Phi) is 5.59. The van der Waals surface area contributed by atoms with Gasteiger partial charge < -0.3 is 21.5 Å². The fourth-order valence-electron chi connectivity index (χ4n) is 1.37. The van der Waals surface area contributed by atoms with E-state index in [1.807, 2.05) is 10.6 Å². The first-order chi connectivity index (χ1) is 9.70. The molecule has 0 radical (unpaired) electrons. The number of carbonyl (C=O) groups excluding carboxylic acids is 2. The smallest absolute Gasteiger partial charge is 0.326 e. The zero-order valence-electron chi connectivity index (χ0n) is 10.3. The SMILES string of the molecule is NC(=O)C[C@@H](NC(=O)Nc1c(F)cc(Br)cc1F)C(=O)O. The zero-order valence-corrected chi connectivity index (χ0v) is 11.9. The molecule has 114 valence electrons. The molecule has 0 bridgehead atoms. The minimum Gasteiger partial charge on any atom is -0.480 e. The summed E-state index contributed by atoms with van der Waals surface area (Å²) in [6, 6.07) is -0.971. The zero-order chi connectivity index (χ0) is 16.2. The number of amides is 3. The predicted molar refractivity (Wildman–Crippen MR) is 71.4 cm³/mol. The largest absolute Gasteiger partial charge is 0.480 e. The number of carboxylic acids is 1. The van der Waals surface area contributed by atoms with Gasteiger partial charge >= 0.3 is 12.0 Å². The third kappa shape index (κ3) is 4.99. The molecule has 1 atom stereocenters. The second kappa shape index (κ2) is 6.97. The lowest BCUT2D eigenvalue weighted by Crippen LogP contribution is -2.45. The van der Waals surface area contributed by atoms with E-state index in [1.165, 1.54) is 0 Å². The Bertz CT molecular complexity index is 574. The number of hydrogen-bond donors (Lipinski definition) is 4. The van der Waals surface area contributed by atoms with Crippen LogP contribution in [-0.4, -0.2) is 29.1 Å². The molecule has 0 aromatic heterocycles. The number of primary amides is 1. The molecule has 0 aliphatic rings. The van der Waals surface area contributed by atoms with E-state index in [0.717, 1.165) is 12.1 Å². The number of carbonyl (C=O) groups is 3. The van der Waals surface area contributed by atoms with E-state index < -0.39 is 47.7 Å². The van der Waals surface area contributed by atoms with Crippen molar-refractivity contribution in [3.05, 3.63) is 28.2 Å². The number of halogens is 3. The first-order valence-electron chi connectivity index (χ1n) is 5.44. The van der Waals surface area contributed by atoms with Gasteiger partial charge in [-0.25, -0.2) is 18.4 Å². The third-order valence-electron chi connectivity index (χ3n) is 2.25. The van der Waals surface area contributed by atoms with Gasteiger partial charge in [-0.3, -0.25) is 4.79 Å². The van der Waals surface area contributed by atoms with E-state index in [0.29, 0.717) is 0 Å². The fraction of sp³-hybridized carbons (Fsp3) is 0.182. The van der Waals surface area contributed by atoms with Crippen LogP contribution in [-0.2, 0) is 9.59 Å². The first kappa shape index (κ1) is 16.8.